The van der Waals surface area contributed by atoms with E-state index < -0.39 is 0 Å². The molecule has 0 aliphatic heterocycles. The molecule has 5 heterocycles. The maximum atomic E-state index is 13.4. The van der Waals surface area contributed by atoms with Crippen LogP contribution in [0.15, 0.2) is 73.2 Å². The Morgan fingerprint density at radius 3 is 2.62 bits per heavy atom. The van der Waals surface area contributed by atoms with Crippen molar-refractivity contribution in [2.75, 3.05) is 5.73 Å². The van der Waals surface area contributed by atoms with Gasteiger partial charge < -0.3 is 10.7 Å². The van der Waals surface area contributed by atoms with E-state index in [0.717, 1.165) is 44.5 Å². The molecule has 7 nitrogen and oxygen atoms in total. The molecule has 8 heteroatoms. The number of rotatable bonds is 3. The summed E-state index contributed by atoms with van der Waals surface area (Å²) in [6, 6.07) is 16.0. The molecule has 5 aromatic heterocycles. The topological polar surface area (TPSA) is 109 Å². The number of aromatic nitrogens is 6. The number of pyridine rings is 3. The lowest BCUT2D eigenvalue weighted by molar-refractivity contribution is 0.628. The average molecular weight is 421 g/mol. The average Bonchev–Trinajstić information content (AvgIpc) is 3.43. The fraction of sp³-hybridized carbons (Fsp3) is 0. The van der Waals surface area contributed by atoms with Crippen LogP contribution < -0.4 is 5.73 Å². The minimum atomic E-state index is -0.269. The number of nitrogens with two attached hydrogens (primary N) is 1. The molecule has 0 aliphatic rings. The first-order chi connectivity index (χ1) is 15.7. The number of hydrogen-bond donors (Lipinski definition) is 3. The Balaban J connectivity index is 1.50. The van der Waals surface area contributed by atoms with E-state index in [2.05, 4.69) is 25.1 Å². The van der Waals surface area contributed by atoms with Crippen LogP contribution in [-0.4, -0.2) is 30.1 Å². The zero-order valence-electron chi connectivity index (χ0n) is 16.7. The molecule has 4 N–H and O–H groups in total. The van der Waals surface area contributed by atoms with Crippen LogP contribution in [0.25, 0.3) is 55.8 Å². The number of halogens is 1. The predicted molar refractivity (Wildman–Crippen MR) is 122 cm³/mol. The van der Waals surface area contributed by atoms with Gasteiger partial charge >= 0.3 is 0 Å². The quantitative estimate of drug-likeness (QED) is 0.374. The van der Waals surface area contributed by atoms with Crippen molar-refractivity contribution < 1.29 is 4.39 Å². The summed E-state index contributed by atoms with van der Waals surface area (Å²) in [6.45, 7) is 0. The molecule has 6 rings (SSSR count). The summed E-state index contributed by atoms with van der Waals surface area (Å²) in [5, 5.41) is 8.45. The normalized spacial score (nSPS) is 11.4. The Morgan fingerprint density at radius 1 is 0.906 bits per heavy atom. The minimum absolute atomic E-state index is 0.269. The lowest BCUT2D eigenvalue weighted by atomic mass is 10.0. The number of nitrogen functional groups attached to an aromatic ring is 1. The molecule has 0 saturated carbocycles. The molecule has 0 saturated heterocycles. The van der Waals surface area contributed by atoms with E-state index in [-0.39, 0.29) is 5.82 Å². The number of benzene rings is 1. The fourth-order valence-electron chi connectivity index (χ4n) is 3.88. The highest BCUT2D eigenvalue weighted by Gasteiger charge is 2.16. The van der Waals surface area contributed by atoms with Crippen LogP contribution in [0.5, 0.6) is 0 Å². The van der Waals surface area contributed by atoms with Crippen LogP contribution >= 0.6 is 0 Å². The van der Waals surface area contributed by atoms with Crippen molar-refractivity contribution in [1.29, 1.82) is 0 Å². The first-order valence-electron chi connectivity index (χ1n) is 9.96. The molecule has 0 amide bonds. The Morgan fingerprint density at radius 2 is 1.78 bits per heavy atom. The molecular weight excluding hydrogens is 405 g/mol. The predicted octanol–water partition coefficient (Wildman–Crippen LogP) is 4.95. The molecule has 1 aromatic carbocycles. The van der Waals surface area contributed by atoms with Crippen LogP contribution in [0.4, 0.5) is 10.1 Å². The fourth-order valence-corrected chi connectivity index (χ4v) is 3.88. The van der Waals surface area contributed by atoms with E-state index in [4.69, 9.17) is 10.7 Å². The summed E-state index contributed by atoms with van der Waals surface area (Å²) in [7, 11) is 0. The summed E-state index contributed by atoms with van der Waals surface area (Å²) < 4.78 is 13.4. The molecule has 0 bridgehead atoms. The molecule has 0 spiro atoms. The number of H-pyrrole nitrogens is 2. The van der Waals surface area contributed by atoms with E-state index in [9.17, 15) is 4.39 Å². The van der Waals surface area contributed by atoms with Crippen LogP contribution in [-0.2, 0) is 0 Å². The van der Waals surface area contributed by atoms with Gasteiger partial charge in [0.05, 0.1) is 22.6 Å². The van der Waals surface area contributed by atoms with Gasteiger partial charge in [0.25, 0.3) is 0 Å². The van der Waals surface area contributed by atoms with Gasteiger partial charge in [0.2, 0.25) is 0 Å². The lowest BCUT2D eigenvalue weighted by Crippen LogP contribution is -1.90. The van der Waals surface area contributed by atoms with Crippen molar-refractivity contribution >= 4 is 27.8 Å². The van der Waals surface area contributed by atoms with E-state index in [1.54, 1.807) is 30.7 Å². The Hall–Kier alpha value is -4.59. The zero-order valence-corrected chi connectivity index (χ0v) is 16.7. The Kier molecular flexibility index (Phi) is 3.97. The molecule has 0 atom stereocenters. The number of nitrogens with one attached hydrogen (secondary N) is 2. The number of anilines is 1. The number of fused-ring (bicyclic) bond motifs is 2. The van der Waals surface area contributed by atoms with Gasteiger partial charge in [-0.15, -0.1) is 0 Å². The van der Waals surface area contributed by atoms with Crippen molar-refractivity contribution in [3.8, 4) is 33.8 Å². The molecular formula is C24H16FN7. The smallest absolute Gasteiger partial charge is 0.138 e. The Labute approximate surface area is 181 Å². The minimum Gasteiger partial charge on any atom is -0.397 e. The summed E-state index contributed by atoms with van der Waals surface area (Å²) in [5.41, 5.74) is 13.6. The second-order valence-corrected chi connectivity index (χ2v) is 7.48. The first-order valence-corrected chi connectivity index (χ1v) is 9.96. The van der Waals surface area contributed by atoms with Crippen LogP contribution in [0.3, 0.4) is 0 Å². The van der Waals surface area contributed by atoms with Crippen molar-refractivity contribution in [1.82, 2.24) is 30.1 Å². The molecule has 0 unspecified atom stereocenters. The lowest BCUT2D eigenvalue weighted by Gasteiger charge is -2.02. The molecule has 32 heavy (non-hydrogen) atoms. The molecule has 0 aliphatic carbocycles. The Bertz CT molecular complexity index is 1600. The maximum Gasteiger partial charge on any atom is 0.138 e. The first kappa shape index (κ1) is 18.2. The number of nitrogens with zero attached hydrogens (tertiary/aromatic N) is 4. The zero-order chi connectivity index (χ0) is 21.7. The van der Waals surface area contributed by atoms with Crippen LogP contribution in [0, 0.1) is 5.82 Å². The largest absolute Gasteiger partial charge is 0.397 e. The van der Waals surface area contributed by atoms with E-state index >= 15 is 0 Å². The third-order valence-corrected chi connectivity index (χ3v) is 5.41. The van der Waals surface area contributed by atoms with Gasteiger partial charge in [-0.2, -0.15) is 5.10 Å². The third kappa shape index (κ3) is 2.97. The van der Waals surface area contributed by atoms with Gasteiger partial charge in [-0.05, 0) is 53.6 Å². The molecule has 0 fully saturated rings. The van der Waals surface area contributed by atoms with Crippen LogP contribution in [0.2, 0.25) is 0 Å². The van der Waals surface area contributed by atoms with Crippen molar-refractivity contribution in [2.24, 2.45) is 0 Å². The highest BCUT2D eigenvalue weighted by atomic mass is 19.1. The van der Waals surface area contributed by atoms with Crippen molar-refractivity contribution in [2.45, 2.75) is 0 Å². The molecule has 154 valence electrons. The highest BCUT2D eigenvalue weighted by Crippen LogP contribution is 2.33. The monoisotopic (exact) mass is 421 g/mol. The van der Waals surface area contributed by atoms with E-state index in [1.165, 1.54) is 12.1 Å². The standard InChI is InChI=1S/C24H16FN7/c25-15-3-1-13(2-4-15)17-7-8-28-24-18(17)10-21(30-24)23-22-20(31-32-23)6-5-19(29-22)14-9-16(26)12-27-11-14/h1-12H,26H2,(H,28,30)(H,31,32). The highest BCUT2D eigenvalue weighted by molar-refractivity contribution is 5.99. The van der Waals surface area contributed by atoms with E-state index in [0.29, 0.717) is 17.0 Å². The maximum absolute atomic E-state index is 13.4. The second kappa shape index (κ2) is 6.98. The van der Waals surface area contributed by atoms with Gasteiger partial charge in [-0.3, -0.25) is 10.1 Å². The summed E-state index contributed by atoms with van der Waals surface area (Å²) in [6.07, 6.45) is 5.06. The van der Waals surface area contributed by atoms with Gasteiger partial charge in [0, 0.05) is 29.5 Å². The van der Waals surface area contributed by atoms with Crippen LogP contribution in [0.1, 0.15) is 0 Å². The van der Waals surface area contributed by atoms with Gasteiger partial charge in [-0.1, -0.05) is 12.1 Å². The summed E-state index contributed by atoms with van der Waals surface area (Å²) in [5.74, 6) is -0.269. The van der Waals surface area contributed by atoms with Gasteiger partial charge in [-0.25, -0.2) is 14.4 Å². The third-order valence-electron chi connectivity index (χ3n) is 5.41. The molecule has 6 aromatic rings. The summed E-state index contributed by atoms with van der Waals surface area (Å²) >= 11 is 0. The number of hydrogen-bond acceptors (Lipinski definition) is 5. The molecule has 0 radical (unpaired) electrons. The van der Waals surface area contributed by atoms with E-state index in [1.807, 2.05) is 30.3 Å². The van der Waals surface area contributed by atoms with Crippen molar-refractivity contribution in [3.63, 3.8) is 0 Å². The van der Waals surface area contributed by atoms with Gasteiger partial charge in [0.1, 0.15) is 22.7 Å². The van der Waals surface area contributed by atoms with Crippen molar-refractivity contribution in [3.05, 3.63) is 79.0 Å². The van der Waals surface area contributed by atoms with Gasteiger partial charge in [0.15, 0.2) is 0 Å². The second-order valence-electron chi connectivity index (χ2n) is 7.48. The number of aromatic amines is 2. The SMILES string of the molecule is Nc1cncc(-c2ccc3[nH]nc(-c4cc5c(-c6ccc(F)cc6)ccnc5[nH]4)c3n2)c1. The summed E-state index contributed by atoms with van der Waals surface area (Å²) in [4.78, 5) is 16.8.